The van der Waals surface area contributed by atoms with Gasteiger partial charge in [-0.05, 0) is 30.5 Å². The van der Waals surface area contributed by atoms with Gasteiger partial charge in [-0.25, -0.2) is 4.79 Å². The van der Waals surface area contributed by atoms with Crippen LogP contribution in [0.3, 0.4) is 0 Å². The molecule has 0 bridgehead atoms. The molecule has 7 heteroatoms. The summed E-state index contributed by atoms with van der Waals surface area (Å²) in [5, 5.41) is 11.6. The Balaban J connectivity index is 2.22. The third kappa shape index (κ3) is 3.19. The molecule has 0 aliphatic carbocycles. The van der Waals surface area contributed by atoms with E-state index in [0.29, 0.717) is 30.6 Å². The molecule has 0 fully saturated rings. The van der Waals surface area contributed by atoms with Crippen molar-refractivity contribution in [3.8, 4) is 0 Å². The highest BCUT2D eigenvalue weighted by Gasteiger charge is 2.25. The standard InChI is InChI=1S/C14H17N3O4/c15-7-12(18)16-8-13(19)17-6-2-4-9-10(14(20)21)3-1-5-11(9)17/h1,3,5H,2,4,6-8,15H2,(H,16,18)(H,20,21). The highest BCUT2D eigenvalue weighted by molar-refractivity contribution is 6.00. The molecule has 1 aliphatic rings. The summed E-state index contributed by atoms with van der Waals surface area (Å²) >= 11 is 0. The molecule has 0 saturated carbocycles. The molecular formula is C14H17N3O4. The van der Waals surface area contributed by atoms with Crippen LogP contribution in [0, 0.1) is 0 Å². The molecule has 4 N–H and O–H groups in total. The van der Waals surface area contributed by atoms with E-state index in [1.807, 2.05) is 0 Å². The molecular weight excluding hydrogens is 274 g/mol. The van der Waals surface area contributed by atoms with Crippen molar-refractivity contribution in [2.24, 2.45) is 5.73 Å². The van der Waals surface area contributed by atoms with Crippen molar-refractivity contribution in [1.82, 2.24) is 5.32 Å². The Morgan fingerprint density at radius 1 is 1.33 bits per heavy atom. The van der Waals surface area contributed by atoms with Gasteiger partial charge in [-0.15, -0.1) is 0 Å². The van der Waals surface area contributed by atoms with E-state index in [0.717, 1.165) is 0 Å². The fraction of sp³-hybridized carbons (Fsp3) is 0.357. The predicted octanol–water partition coefficient (Wildman–Crippen LogP) is -0.261. The Kier molecular flexibility index (Phi) is 4.54. The number of hydrogen-bond donors (Lipinski definition) is 3. The summed E-state index contributed by atoms with van der Waals surface area (Å²) in [6.45, 7) is 0.188. The number of anilines is 1. The second-order valence-electron chi connectivity index (χ2n) is 4.74. The molecule has 0 aromatic heterocycles. The SMILES string of the molecule is NCC(=O)NCC(=O)N1CCCc2c(C(=O)O)cccc21. The predicted molar refractivity (Wildman–Crippen MR) is 76.1 cm³/mol. The number of carbonyl (C=O) groups is 3. The summed E-state index contributed by atoms with van der Waals surface area (Å²) in [4.78, 5) is 36.0. The highest BCUT2D eigenvalue weighted by Crippen LogP contribution is 2.29. The third-order valence-electron chi connectivity index (χ3n) is 3.40. The van der Waals surface area contributed by atoms with Crippen LogP contribution in [0.4, 0.5) is 5.69 Å². The largest absolute Gasteiger partial charge is 0.478 e. The summed E-state index contributed by atoms with van der Waals surface area (Å²) in [7, 11) is 0. The number of carbonyl (C=O) groups excluding carboxylic acids is 2. The van der Waals surface area contributed by atoms with Crippen LogP contribution in [0.5, 0.6) is 0 Å². The van der Waals surface area contributed by atoms with Crippen LogP contribution in [0.2, 0.25) is 0 Å². The van der Waals surface area contributed by atoms with Gasteiger partial charge in [0.1, 0.15) is 0 Å². The number of carboxylic acids is 1. The molecule has 21 heavy (non-hydrogen) atoms. The van der Waals surface area contributed by atoms with Crippen LogP contribution in [-0.4, -0.2) is 42.5 Å². The van der Waals surface area contributed by atoms with Crippen LogP contribution in [0.15, 0.2) is 18.2 Å². The molecule has 1 aromatic rings. The fourth-order valence-corrected chi connectivity index (χ4v) is 2.43. The zero-order chi connectivity index (χ0) is 15.4. The molecule has 2 amide bonds. The van der Waals surface area contributed by atoms with Crippen molar-refractivity contribution < 1.29 is 19.5 Å². The van der Waals surface area contributed by atoms with Crippen molar-refractivity contribution in [2.75, 3.05) is 24.5 Å². The molecule has 112 valence electrons. The van der Waals surface area contributed by atoms with Crippen LogP contribution < -0.4 is 16.0 Å². The number of nitrogens with two attached hydrogens (primary N) is 1. The van der Waals surface area contributed by atoms with Crippen LogP contribution >= 0.6 is 0 Å². The van der Waals surface area contributed by atoms with Gasteiger partial charge in [0.25, 0.3) is 0 Å². The van der Waals surface area contributed by atoms with Crippen molar-refractivity contribution in [1.29, 1.82) is 0 Å². The highest BCUT2D eigenvalue weighted by atomic mass is 16.4. The topological polar surface area (TPSA) is 113 Å². The first-order valence-electron chi connectivity index (χ1n) is 6.67. The molecule has 1 aliphatic heterocycles. The number of nitrogens with zero attached hydrogens (tertiary/aromatic N) is 1. The normalized spacial score (nSPS) is 13.5. The van der Waals surface area contributed by atoms with Gasteiger partial charge in [-0.1, -0.05) is 6.07 Å². The Bertz CT molecular complexity index is 586. The maximum Gasteiger partial charge on any atom is 0.336 e. The number of rotatable bonds is 4. The zero-order valence-electron chi connectivity index (χ0n) is 11.5. The van der Waals surface area contributed by atoms with E-state index in [-0.39, 0.29) is 24.6 Å². The van der Waals surface area contributed by atoms with Crippen molar-refractivity contribution >= 4 is 23.5 Å². The van der Waals surface area contributed by atoms with Gasteiger partial charge in [0.2, 0.25) is 11.8 Å². The lowest BCUT2D eigenvalue weighted by Gasteiger charge is -2.30. The number of benzene rings is 1. The molecule has 0 unspecified atom stereocenters. The first-order valence-corrected chi connectivity index (χ1v) is 6.67. The van der Waals surface area contributed by atoms with E-state index >= 15 is 0 Å². The van der Waals surface area contributed by atoms with Crippen molar-refractivity contribution in [3.05, 3.63) is 29.3 Å². The lowest BCUT2D eigenvalue weighted by molar-refractivity contribution is -0.124. The maximum atomic E-state index is 12.2. The number of carboxylic acid groups (broad SMARTS) is 1. The van der Waals surface area contributed by atoms with E-state index in [1.54, 1.807) is 12.1 Å². The van der Waals surface area contributed by atoms with Crippen LogP contribution in [0.1, 0.15) is 22.3 Å². The molecule has 1 heterocycles. The maximum absolute atomic E-state index is 12.2. The Hall–Kier alpha value is -2.41. The van der Waals surface area contributed by atoms with Gasteiger partial charge < -0.3 is 21.1 Å². The monoisotopic (exact) mass is 291 g/mol. The van der Waals surface area contributed by atoms with Gasteiger partial charge >= 0.3 is 5.97 Å². The minimum atomic E-state index is -1.00. The Morgan fingerprint density at radius 3 is 2.76 bits per heavy atom. The second-order valence-corrected chi connectivity index (χ2v) is 4.74. The summed E-state index contributed by atoms with van der Waals surface area (Å²) < 4.78 is 0. The second kappa shape index (κ2) is 6.36. The summed E-state index contributed by atoms with van der Waals surface area (Å²) in [5.74, 6) is -1.68. The first-order chi connectivity index (χ1) is 10.0. The van der Waals surface area contributed by atoms with Gasteiger partial charge in [-0.3, -0.25) is 9.59 Å². The average Bonchev–Trinajstić information content (AvgIpc) is 2.50. The zero-order valence-corrected chi connectivity index (χ0v) is 11.5. The lowest BCUT2D eigenvalue weighted by Crippen LogP contribution is -2.44. The van der Waals surface area contributed by atoms with E-state index in [9.17, 15) is 19.5 Å². The average molecular weight is 291 g/mol. The fourth-order valence-electron chi connectivity index (χ4n) is 2.43. The Morgan fingerprint density at radius 2 is 2.10 bits per heavy atom. The van der Waals surface area contributed by atoms with Gasteiger partial charge in [0, 0.05) is 12.2 Å². The summed E-state index contributed by atoms with van der Waals surface area (Å²) in [6.07, 6.45) is 1.31. The molecule has 0 radical (unpaired) electrons. The number of fused-ring (bicyclic) bond motifs is 1. The number of amides is 2. The molecule has 0 saturated heterocycles. The molecule has 0 spiro atoms. The smallest absolute Gasteiger partial charge is 0.336 e. The molecule has 2 rings (SSSR count). The number of nitrogens with one attached hydrogen (secondary N) is 1. The number of hydrogen-bond acceptors (Lipinski definition) is 4. The van der Waals surface area contributed by atoms with Gasteiger partial charge in [0.15, 0.2) is 0 Å². The first kappa shape index (κ1) is 15.0. The van der Waals surface area contributed by atoms with E-state index < -0.39 is 11.9 Å². The van der Waals surface area contributed by atoms with Crippen LogP contribution in [0.25, 0.3) is 0 Å². The summed E-state index contributed by atoms with van der Waals surface area (Å²) in [6, 6.07) is 4.88. The van der Waals surface area contributed by atoms with Crippen molar-refractivity contribution in [3.63, 3.8) is 0 Å². The van der Waals surface area contributed by atoms with E-state index in [1.165, 1.54) is 11.0 Å². The number of aromatic carboxylic acids is 1. The quantitative estimate of drug-likeness (QED) is 0.707. The molecule has 0 atom stereocenters. The third-order valence-corrected chi connectivity index (χ3v) is 3.40. The van der Waals surface area contributed by atoms with Crippen molar-refractivity contribution in [2.45, 2.75) is 12.8 Å². The van der Waals surface area contributed by atoms with Gasteiger partial charge in [0.05, 0.1) is 18.7 Å². The van der Waals surface area contributed by atoms with Gasteiger partial charge in [-0.2, -0.15) is 0 Å². The molecule has 1 aromatic carbocycles. The van der Waals surface area contributed by atoms with E-state index in [4.69, 9.17) is 5.73 Å². The lowest BCUT2D eigenvalue weighted by atomic mass is 9.96. The van der Waals surface area contributed by atoms with Crippen LogP contribution in [-0.2, 0) is 16.0 Å². The Labute approximate surface area is 121 Å². The minimum absolute atomic E-state index is 0.146. The molecule has 7 nitrogen and oxygen atoms in total. The van der Waals surface area contributed by atoms with E-state index in [2.05, 4.69) is 5.32 Å². The summed E-state index contributed by atoms with van der Waals surface area (Å²) in [5.41, 5.74) is 6.65. The minimum Gasteiger partial charge on any atom is -0.478 e.